The van der Waals surface area contributed by atoms with E-state index in [0.29, 0.717) is 6.42 Å². The van der Waals surface area contributed by atoms with Crippen LogP contribution in [0.1, 0.15) is 213 Å². The Bertz CT molecular complexity index is 694. The number of aliphatic hydroxyl groups is 3. The molecule has 0 aliphatic heterocycles. The Morgan fingerprint density at radius 3 is 1.23 bits per heavy atom. The fourth-order valence-electron chi connectivity index (χ4n) is 6.24. The van der Waals surface area contributed by atoms with Crippen LogP contribution in [-0.4, -0.2) is 46.1 Å². The van der Waals surface area contributed by atoms with Crippen molar-refractivity contribution in [3.8, 4) is 0 Å². The second-order valence-electron chi connectivity index (χ2n) is 14.2. The molecular formula is C42H81NO4. The third-order valence-corrected chi connectivity index (χ3v) is 9.54. The van der Waals surface area contributed by atoms with Gasteiger partial charge in [0.25, 0.3) is 0 Å². The van der Waals surface area contributed by atoms with E-state index in [-0.39, 0.29) is 6.61 Å². The molecular weight excluding hydrogens is 582 g/mol. The van der Waals surface area contributed by atoms with E-state index in [2.05, 4.69) is 31.3 Å². The van der Waals surface area contributed by atoms with Gasteiger partial charge in [0.2, 0.25) is 5.91 Å². The van der Waals surface area contributed by atoms with Crippen molar-refractivity contribution in [2.24, 2.45) is 0 Å². The first-order chi connectivity index (χ1) is 23.1. The minimum Gasteiger partial charge on any atom is -0.394 e. The summed E-state index contributed by atoms with van der Waals surface area (Å²) in [5, 5.41) is 33.1. The second kappa shape index (κ2) is 37.6. The molecule has 0 aromatic heterocycles. The average molecular weight is 664 g/mol. The van der Waals surface area contributed by atoms with Gasteiger partial charge in [0.1, 0.15) is 6.10 Å². The van der Waals surface area contributed by atoms with Crippen LogP contribution >= 0.6 is 0 Å². The van der Waals surface area contributed by atoms with Crippen molar-refractivity contribution in [1.82, 2.24) is 5.32 Å². The predicted octanol–water partition coefficient (Wildman–Crippen LogP) is 11.4. The standard InChI is InChI=1S/C42H81NO4/c1-3-5-7-9-11-13-15-17-19-20-21-23-24-26-28-30-32-34-36-40(45)39(38-44)43-42(47)41(46)37-35-33-31-29-27-25-22-18-16-14-12-10-8-6-4-2/h22,25,34,36,39-41,44-46H,3-21,23-24,26-33,35,37-38H2,1-2H3,(H,43,47)/b25-22-,36-34+. The first-order valence-electron chi connectivity index (χ1n) is 20.7. The Hall–Kier alpha value is -1.17. The molecule has 5 heteroatoms. The minimum absolute atomic E-state index is 0.366. The monoisotopic (exact) mass is 664 g/mol. The van der Waals surface area contributed by atoms with Gasteiger partial charge in [-0.15, -0.1) is 0 Å². The minimum atomic E-state index is -1.10. The van der Waals surface area contributed by atoms with Crippen LogP contribution in [0, 0.1) is 0 Å². The zero-order valence-electron chi connectivity index (χ0n) is 31.4. The van der Waals surface area contributed by atoms with Gasteiger partial charge in [-0.05, 0) is 44.9 Å². The Balaban J connectivity index is 3.71. The van der Waals surface area contributed by atoms with Gasteiger partial charge in [0, 0.05) is 0 Å². The number of hydrogen-bond donors (Lipinski definition) is 4. The number of allylic oxidation sites excluding steroid dienone is 3. The van der Waals surface area contributed by atoms with Gasteiger partial charge in [-0.2, -0.15) is 0 Å². The van der Waals surface area contributed by atoms with E-state index >= 15 is 0 Å². The van der Waals surface area contributed by atoms with Gasteiger partial charge < -0.3 is 20.6 Å². The molecule has 5 nitrogen and oxygen atoms in total. The summed E-state index contributed by atoms with van der Waals surface area (Å²) in [7, 11) is 0. The first-order valence-corrected chi connectivity index (χ1v) is 20.7. The molecule has 0 aromatic carbocycles. The van der Waals surface area contributed by atoms with Crippen molar-refractivity contribution in [2.45, 2.75) is 231 Å². The topological polar surface area (TPSA) is 89.8 Å². The average Bonchev–Trinajstić information content (AvgIpc) is 3.07. The highest BCUT2D eigenvalue weighted by atomic mass is 16.3. The number of amides is 1. The molecule has 0 aliphatic carbocycles. The van der Waals surface area contributed by atoms with E-state index in [1.165, 1.54) is 148 Å². The molecule has 278 valence electrons. The largest absolute Gasteiger partial charge is 0.394 e. The zero-order chi connectivity index (χ0) is 34.5. The third kappa shape index (κ3) is 33.1. The highest BCUT2D eigenvalue weighted by Gasteiger charge is 2.22. The van der Waals surface area contributed by atoms with E-state index in [4.69, 9.17) is 0 Å². The molecule has 0 aliphatic rings. The summed E-state index contributed by atoms with van der Waals surface area (Å²) < 4.78 is 0. The van der Waals surface area contributed by atoms with Crippen LogP contribution in [0.5, 0.6) is 0 Å². The van der Waals surface area contributed by atoms with Gasteiger partial charge in [0.15, 0.2) is 0 Å². The molecule has 0 rings (SSSR count). The zero-order valence-corrected chi connectivity index (χ0v) is 31.4. The van der Waals surface area contributed by atoms with E-state index in [0.717, 1.165) is 44.9 Å². The Kier molecular flexibility index (Phi) is 36.7. The molecule has 0 saturated heterocycles. The van der Waals surface area contributed by atoms with Gasteiger partial charge in [-0.1, -0.05) is 192 Å². The lowest BCUT2D eigenvalue weighted by atomic mass is 10.0. The molecule has 47 heavy (non-hydrogen) atoms. The highest BCUT2D eigenvalue weighted by molar-refractivity contribution is 5.80. The fraction of sp³-hybridized carbons (Fsp3) is 0.881. The Morgan fingerprint density at radius 2 is 0.851 bits per heavy atom. The van der Waals surface area contributed by atoms with Crippen molar-refractivity contribution in [3.05, 3.63) is 24.3 Å². The highest BCUT2D eigenvalue weighted by Crippen LogP contribution is 2.15. The number of aliphatic hydroxyl groups excluding tert-OH is 3. The van der Waals surface area contributed by atoms with E-state index < -0.39 is 24.2 Å². The summed E-state index contributed by atoms with van der Waals surface area (Å²) >= 11 is 0. The maximum atomic E-state index is 12.4. The van der Waals surface area contributed by atoms with Crippen LogP contribution in [-0.2, 0) is 4.79 Å². The summed E-state index contributed by atoms with van der Waals surface area (Å²) in [5.41, 5.74) is 0. The van der Waals surface area contributed by atoms with Crippen LogP contribution in [0.4, 0.5) is 0 Å². The van der Waals surface area contributed by atoms with Gasteiger partial charge in [-0.25, -0.2) is 0 Å². The van der Waals surface area contributed by atoms with Gasteiger partial charge in [0.05, 0.1) is 18.8 Å². The SMILES string of the molecule is CCCCCCCCC/C=C\CCCCCCC(O)C(=O)NC(CO)C(O)/C=C/CCCCCCCCCCCCCCCCCC. The number of nitrogens with one attached hydrogen (secondary N) is 1. The molecule has 0 spiro atoms. The maximum Gasteiger partial charge on any atom is 0.249 e. The van der Waals surface area contributed by atoms with Crippen molar-refractivity contribution >= 4 is 5.91 Å². The molecule has 0 radical (unpaired) electrons. The molecule has 4 N–H and O–H groups in total. The molecule has 0 aromatic rings. The molecule has 0 fully saturated rings. The number of rotatable bonds is 37. The normalized spacial score (nSPS) is 13.9. The van der Waals surface area contributed by atoms with E-state index in [9.17, 15) is 20.1 Å². The van der Waals surface area contributed by atoms with Crippen molar-refractivity contribution in [2.75, 3.05) is 6.61 Å². The summed E-state index contributed by atoms with van der Waals surface area (Å²) in [4.78, 5) is 12.4. The fourth-order valence-corrected chi connectivity index (χ4v) is 6.24. The molecule has 0 saturated carbocycles. The summed E-state index contributed by atoms with van der Waals surface area (Å²) in [6.45, 7) is 4.17. The number of carbonyl (C=O) groups is 1. The van der Waals surface area contributed by atoms with Crippen LogP contribution in [0.2, 0.25) is 0 Å². The maximum absolute atomic E-state index is 12.4. The molecule has 1 amide bonds. The van der Waals surface area contributed by atoms with Crippen molar-refractivity contribution in [1.29, 1.82) is 0 Å². The number of unbranched alkanes of at least 4 members (excludes halogenated alkanes) is 27. The summed E-state index contributed by atoms with van der Waals surface area (Å²) in [6, 6.07) is -0.799. The molecule has 0 heterocycles. The quantitative estimate of drug-likeness (QED) is 0.0393. The third-order valence-electron chi connectivity index (χ3n) is 9.54. The lowest BCUT2D eigenvalue weighted by Crippen LogP contribution is -2.48. The molecule has 3 unspecified atom stereocenters. The van der Waals surface area contributed by atoms with Crippen molar-refractivity contribution < 1.29 is 20.1 Å². The van der Waals surface area contributed by atoms with Crippen LogP contribution in [0.3, 0.4) is 0 Å². The van der Waals surface area contributed by atoms with Gasteiger partial charge in [-0.3, -0.25) is 4.79 Å². The van der Waals surface area contributed by atoms with E-state index in [1.54, 1.807) is 6.08 Å². The van der Waals surface area contributed by atoms with Crippen LogP contribution in [0.25, 0.3) is 0 Å². The second-order valence-corrected chi connectivity index (χ2v) is 14.2. The first kappa shape index (κ1) is 45.8. The van der Waals surface area contributed by atoms with Crippen LogP contribution in [0.15, 0.2) is 24.3 Å². The Labute approximate surface area is 292 Å². The molecule has 0 bridgehead atoms. The summed E-state index contributed by atoms with van der Waals surface area (Å²) in [6.07, 6.45) is 44.8. The Morgan fingerprint density at radius 1 is 0.511 bits per heavy atom. The smallest absolute Gasteiger partial charge is 0.249 e. The lowest BCUT2D eigenvalue weighted by molar-refractivity contribution is -0.131. The number of carbonyl (C=O) groups excluding carboxylic acids is 1. The van der Waals surface area contributed by atoms with E-state index in [1.807, 2.05) is 6.08 Å². The van der Waals surface area contributed by atoms with Crippen LogP contribution < -0.4 is 5.32 Å². The molecule has 3 atom stereocenters. The van der Waals surface area contributed by atoms with Gasteiger partial charge >= 0.3 is 0 Å². The number of hydrogen-bond acceptors (Lipinski definition) is 4. The lowest BCUT2D eigenvalue weighted by Gasteiger charge is -2.21. The predicted molar refractivity (Wildman–Crippen MR) is 204 cm³/mol. The summed E-state index contributed by atoms with van der Waals surface area (Å²) in [5.74, 6) is -0.511. The van der Waals surface area contributed by atoms with Crippen molar-refractivity contribution in [3.63, 3.8) is 0 Å².